The molecular formula is C16H16N2O2S. The number of aryl methyl sites for hydroxylation is 2. The molecule has 0 aliphatic carbocycles. The average Bonchev–Trinajstić information content (AvgIpc) is 2.79. The summed E-state index contributed by atoms with van der Waals surface area (Å²) in [6.07, 6.45) is 1.61. The molecule has 2 aromatic heterocycles. The van der Waals surface area contributed by atoms with Crippen LogP contribution in [0.25, 0.3) is 10.2 Å². The summed E-state index contributed by atoms with van der Waals surface area (Å²) in [6.45, 7) is 4.50. The Bertz CT molecular complexity index is 847. The second kappa shape index (κ2) is 5.42. The van der Waals surface area contributed by atoms with Crippen molar-refractivity contribution in [2.24, 2.45) is 0 Å². The first-order valence-electron chi connectivity index (χ1n) is 6.74. The molecule has 1 aromatic carbocycles. The zero-order chi connectivity index (χ0) is 15.0. The van der Waals surface area contributed by atoms with Crippen molar-refractivity contribution in [1.29, 1.82) is 0 Å². The molecule has 1 N–H and O–H groups in total. The van der Waals surface area contributed by atoms with Gasteiger partial charge in [0.2, 0.25) is 0 Å². The van der Waals surface area contributed by atoms with Crippen molar-refractivity contribution in [2.75, 3.05) is 0 Å². The molecule has 0 unspecified atom stereocenters. The molecule has 0 aliphatic rings. The number of nitrogens with zero attached hydrogens (tertiary/aromatic N) is 2. The normalized spacial score (nSPS) is 11.2. The van der Waals surface area contributed by atoms with E-state index in [1.165, 1.54) is 0 Å². The molecule has 0 aliphatic heterocycles. The molecule has 21 heavy (non-hydrogen) atoms. The maximum Gasteiger partial charge on any atom is 0.262 e. The predicted molar refractivity (Wildman–Crippen MR) is 84.8 cm³/mol. The first-order valence-corrected chi connectivity index (χ1v) is 7.55. The van der Waals surface area contributed by atoms with Crippen LogP contribution in [0.2, 0.25) is 0 Å². The second-order valence-electron chi connectivity index (χ2n) is 5.12. The minimum atomic E-state index is 0.00749. The number of fused-ring (bicyclic) bond motifs is 1. The first kappa shape index (κ1) is 14.0. The van der Waals surface area contributed by atoms with Crippen LogP contribution in [0, 0.1) is 13.8 Å². The fourth-order valence-electron chi connectivity index (χ4n) is 2.33. The second-order valence-corrected chi connectivity index (χ2v) is 6.32. The number of aromatic nitrogens is 2. The third-order valence-corrected chi connectivity index (χ3v) is 4.83. The molecule has 0 atom stereocenters. The van der Waals surface area contributed by atoms with Gasteiger partial charge in [0.15, 0.2) is 0 Å². The van der Waals surface area contributed by atoms with E-state index in [-0.39, 0.29) is 12.2 Å². The van der Waals surface area contributed by atoms with Crippen LogP contribution in [0.4, 0.5) is 0 Å². The summed E-state index contributed by atoms with van der Waals surface area (Å²) in [5.74, 6) is 0. The van der Waals surface area contributed by atoms with Crippen LogP contribution in [-0.2, 0) is 13.2 Å². The van der Waals surface area contributed by atoms with Crippen LogP contribution in [0.15, 0.2) is 35.4 Å². The number of aliphatic hydroxyl groups is 1. The predicted octanol–water partition coefficient (Wildman–Crippen LogP) is 2.62. The molecule has 2 heterocycles. The first-order chi connectivity index (χ1) is 10.1. The quantitative estimate of drug-likeness (QED) is 0.809. The Morgan fingerprint density at radius 1 is 1.19 bits per heavy atom. The minimum absolute atomic E-state index is 0.00749. The standard InChI is InChI=1S/C16H16N2O2S/c1-10-11(2)21-15-14(10)16(20)18(9-17-15)7-12-3-5-13(8-19)6-4-12/h3-6,9,19H,7-8H2,1-2H3. The van der Waals surface area contributed by atoms with E-state index < -0.39 is 0 Å². The van der Waals surface area contributed by atoms with Crippen molar-refractivity contribution in [3.63, 3.8) is 0 Å². The maximum absolute atomic E-state index is 12.6. The summed E-state index contributed by atoms with van der Waals surface area (Å²) in [7, 11) is 0. The molecule has 0 fully saturated rings. The number of aliphatic hydroxyl groups excluding tert-OH is 1. The van der Waals surface area contributed by atoms with E-state index in [0.717, 1.165) is 31.8 Å². The lowest BCUT2D eigenvalue weighted by Gasteiger charge is -2.06. The van der Waals surface area contributed by atoms with Gasteiger partial charge in [-0.25, -0.2) is 4.98 Å². The molecule has 0 bridgehead atoms. The van der Waals surface area contributed by atoms with Gasteiger partial charge in [0.25, 0.3) is 5.56 Å². The molecule has 0 radical (unpaired) electrons. The molecule has 0 amide bonds. The van der Waals surface area contributed by atoms with Crippen LogP contribution in [-0.4, -0.2) is 14.7 Å². The number of rotatable bonds is 3. The summed E-state index contributed by atoms with van der Waals surface area (Å²) in [5, 5.41) is 9.78. The van der Waals surface area contributed by atoms with Crippen molar-refractivity contribution < 1.29 is 5.11 Å². The Morgan fingerprint density at radius 2 is 1.86 bits per heavy atom. The molecule has 0 saturated carbocycles. The van der Waals surface area contributed by atoms with Gasteiger partial charge in [-0.15, -0.1) is 11.3 Å². The van der Waals surface area contributed by atoms with Gasteiger partial charge in [0.05, 0.1) is 24.9 Å². The largest absolute Gasteiger partial charge is 0.392 e. The van der Waals surface area contributed by atoms with E-state index >= 15 is 0 Å². The van der Waals surface area contributed by atoms with Gasteiger partial charge in [-0.1, -0.05) is 24.3 Å². The summed E-state index contributed by atoms with van der Waals surface area (Å²) >= 11 is 1.56. The van der Waals surface area contributed by atoms with Crippen molar-refractivity contribution in [3.8, 4) is 0 Å². The van der Waals surface area contributed by atoms with Gasteiger partial charge in [0, 0.05) is 4.88 Å². The monoisotopic (exact) mass is 300 g/mol. The smallest absolute Gasteiger partial charge is 0.262 e. The molecule has 0 spiro atoms. The Kier molecular flexibility index (Phi) is 3.61. The lowest BCUT2D eigenvalue weighted by molar-refractivity contribution is 0.282. The SMILES string of the molecule is Cc1sc2ncn(Cc3ccc(CO)cc3)c(=O)c2c1C. The maximum atomic E-state index is 12.6. The topological polar surface area (TPSA) is 55.1 Å². The average molecular weight is 300 g/mol. The van der Waals surface area contributed by atoms with Crippen LogP contribution in [0.5, 0.6) is 0 Å². The van der Waals surface area contributed by atoms with Crippen molar-refractivity contribution in [2.45, 2.75) is 27.0 Å². The van der Waals surface area contributed by atoms with Gasteiger partial charge >= 0.3 is 0 Å². The third-order valence-electron chi connectivity index (χ3n) is 3.71. The zero-order valence-electron chi connectivity index (χ0n) is 12.0. The fourth-order valence-corrected chi connectivity index (χ4v) is 3.32. The minimum Gasteiger partial charge on any atom is -0.392 e. The van der Waals surface area contributed by atoms with Gasteiger partial charge in [0.1, 0.15) is 4.83 Å². The van der Waals surface area contributed by atoms with Gasteiger partial charge in [-0.2, -0.15) is 0 Å². The molecule has 0 saturated heterocycles. The highest BCUT2D eigenvalue weighted by Crippen LogP contribution is 2.25. The highest BCUT2D eigenvalue weighted by Gasteiger charge is 2.12. The van der Waals surface area contributed by atoms with Crippen LogP contribution in [0.1, 0.15) is 21.6 Å². The highest BCUT2D eigenvalue weighted by atomic mass is 32.1. The zero-order valence-corrected chi connectivity index (χ0v) is 12.8. The highest BCUT2D eigenvalue weighted by molar-refractivity contribution is 7.18. The fraction of sp³-hybridized carbons (Fsp3) is 0.250. The van der Waals surface area contributed by atoms with Crippen LogP contribution >= 0.6 is 11.3 Å². The number of thiophene rings is 1. The molecule has 5 heteroatoms. The Labute approximate surface area is 126 Å². The van der Waals surface area contributed by atoms with E-state index in [1.54, 1.807) is 22.2 Å². The molecule has 3 aromatic rings. The molecule has 4 nitrogen and oxygen atoms in total. The summed E-state index contributed by atoms with van der Waals surface area (Å²) < 4.78 is 1.63. The summed E-state index contributed by atoms with van der Waals surface area (Å²) in [5.41, 5.74) is 2.91. The van der Waals surface area contributed by atoms with E-state index in [4.69, 9.17) is 5.11 Å². The number of hydrogen-bond acceptors (Lipinski definition) is 4. The van der Waals surface area contributed by atoms with E-state index in [2.05, 4.69) is 4.98 Å². The van der Waals surface area contributed by atoms with E-state index in [1.807, 2.05) is 38.1 Å². The molecule has 108 valence electrons. The van der Waals surface area contributed by atoms with Crippen molar-refractivity contribution >= 4 is 21.6 Å². The van der Waals surface area contributed by atoms with Gasteiger partial charge < -0.3 is 5.11 Å². The summed E-state index contributed by atoms with van der Waals surface area (Å²) in [6, 6.07) is 7.58. The van der Waals surface area contributed by atoms with E-state index in [0.29, 0.717) is 6.54 Å². The Morgan fingerprint density at radius 3 is 2.52 bits per heavy atom. The van der Waals surface area contributed by atoms with Crippen molar-refractivity contribution in [1.82, 2.24) is 9.55 Å². The van der Waals surface area contributed by atoms with Crippen molar-refractivity contribution in [3.05, 3.63) is 62.5 Å². The number of hydrogen-bond donors (Lipinski definition) is 1. The molecular weight excluding hydrogens is 284 g/mol. The van der Waals surface area contributed by atoms with Crippen LogP contribution in [0.3, 0.4) is 0 Å². The lowest BCUT2D eigenvalue weighted by atomic mass is 10.1. The Hall–Kier alpha value is -1.98. The van der Waals surface area contributed by atoms with Gasteiger partial charge in [-0.05, 0) is 30.5 Å². The third kappa shape index (κ3) is 2.50. The number of benzene rings is 1. The lowest BCUT2D eigenvalue weighted by Crippen LogP contribution is -2.21. The molecule has 3 rings (SSSR count). The van der Waals surface area contributed by atoms with E-state index in [9.17, 15) is 4.79 Å². The van der Waals surface area contributed by atoms with Gasteiger partial charge in [-0.3, -0.25) is 9.36 Å². The van der Waals surface area contributed by atoms with Crippen LogP contribution < -0.4 is 5.56 Å². The summed E-state index contributed by atoms with van der Waals surface area (Å²) in [4.78, 5) is 18.9. The Balaban J connectivity index is 2.02.